The minimum atomic E-state index is 0.715. The minimum absolute atomic E-state index is 0.715. The molecule has 0 saturated heterocycles. The fraction of sp³-hybridized carbons (Fsp3) is 0.167. The number of methoxy groups -OCH3 is 1. The van der Waals surface area contributed by atoms with E-state index in [0.29, 0.717) is 5.69 Å². The second-order valence-corrected chi connectivity index (χ2v) is 3.35. The maximum atomic E-state index is 5.70. The molecular weight excluding hydrogens is 188 g/mol. The summed E-state index contributed by atoms with van der Waals surface area (Å²) in [5, 5.41) is 0. The zero-order valence-corrected chi connectivity index (χ0v) is 8.68. The van der Waals surface area contributed by atoms with Gasteiger partial charge in [-0.1, -0.05) is 12.2 Å². The quantitative estimate of drug-likeness (QED) is 0.747. The van der Waals surface area contributed by atoms with Crippen LogP contribution in [-0.4, -0.2) is 13.7 Å². The van der Waals surface area contributed by atoms with Crippen molar-refractivity contribution >= 4 is 11.4 Å². The fourth-order valence-corrected chi connectivity index (χ4v) is 1.58. The lowest BCUT2D eigenvalue weighted by Crippen LogP contribution is -2.18. The predicted octanol–water partition coefficient (Wildman–Crippen LogP) is 2.17. The van der Waals surface area contributed by atoms with E-state index in [1.165, 1.54) is 0 Å². The Balaban J connectivity index is 2.34. The fourth-order valence-electron chi connectivity index (χ4n) is 1.58. The predicted molar refractivity (Wildman–Crippen MR) is 63.0 cm³/mol. The van der Waals surface area contributed by atoms with Crippen molar-refractivity contribution in [3.63, 3.8) is 0 Å². The van der Waals surface area contributed by atoms with E-state index in [9.17, 15) is 0 Å². The highest BCUT2D eigenvalue weighted by Gasteiger charge is 2.09. The summed E-state index contributed by atoms with van der Waals surface area (Å²) < 4.78 is 5.30. The molecule has 0 fully saturated rings. The molecule has 0 aromatic heterocycles. The van der Waals surface area contributed by atoms with Gasteiger partial charge in [0.05, 0.1) is 12.8 Å². The second-order valence-electron chi connectivity index (χ2n) is 3.35. The van der Waals surface area contributed by atoms with Gasteiger partial charge in [-0.3, -0.25) is 0 Å². The van der Waals surface area contributed by atoms with Gasteiger partial charge in [-0.15, -0.1) is 0 Å². The molecular formula is C12H14N2O. The highest BCUT2D eigenvalue weighted by Crippen LogP contribution is 2.30. The number of anilines is 2. The molecule has 1 heterocycles. The Morgan fingerprint density at radius 3 is 2.87 bits per heavy atom. The van der Waals surface area contributed by atoms with Crippen molar-refractivity contribution in [3.8, 4) is 5.75 Å². The van der Waals surface area contributed by atoms with Crippen molar-refractivity contribution in [2.75, 3.05) is 24.3 Å². The molecule has 1 aliphatic heterocycles. The van der Waals surface area contributed by atoms with Gasteiger partial charge in [0.1, 0.15) is 5.75 Å². The lowest BCUT2D eigenvalue weighted by Gasteiger charge is -2.23. The van der Waals surface area contributed by atoms with Crippen LogP contribution in [0.4, 0.5) is 11.4 Å². The van der Waals surface area contributed by atoms with Gasteiger partial charge >= 0.3 is 0 Å². The van der Waals surface area contributed by atoms with Gasteiger partial charge < -0.3 is 15.4 Å². The lowest BCUT2D eigenvalue weighted by atomic mass is 10.2. The molecule has 0 unspecified atom stereocenters. The molecule has 1 aromatic carbocycles. The molecule has 3 nitrogen and oxygen atoms in total. The van der Waals surface area contributed by atoms with Gasteiger partial charge in [0.2, 0.25) is 0 Å². The van der Waals surface area contributed by atoms with Crippen molar-refractivity contribution in [2.45, 2.75) is 0 Å². The third-order valence-electron chi connectivity index (χ3n) is 2.33. The minimum Gasteiger partial charge on any atom is -0.494 e. The Hall–Kier alpha value is -1.90. The first-order valence-electron chi connectivity index (χ1n) is 4.85. The summed E-state index contributed by atoms with van der Waals surface area (Å²) in [7, 11) is 1.65. The number of allylic oxidation sites excluding steroid dienone is 2. The van der Waals surface area contributed by atoms with E-state index in [4.69, 9.17) is 10.5 Å². The van der Waals surface area contributed by atoms with Crippen LogP contribution in [0.1, 0.15) is 0 Å². The summed E-state index contributed by atoms with van der Waals surface area (Å²) >= 11 is 0. The highest BCUT2D eigenvalue weighted by atomic mass is 16.5. The Morgan fingerprint density at radius 1 is 1.33 bits per heavy atom. The molecule has 78 valence electrons. The third kappa shape index (κ3) is 1.96. The summed E-state index contributed by atoms with van der Waals surface area (Å²) in [6.45, 7) is 0.858. The number of hydrogen-bond acceptors (Lipinski definition) is 3. The molecule has 2 N–H and O–H groups in total. The number of nitrogens with zero attached hydrogens (tertiary/aromatic N) is 1. The first-order chi connectivity index (χ1) is 7.31. The van der Waals surface area contributed by atoms with E-state index in [1.807, 2.05) is 36.6 Å². The van der Waals surface area contributed by atoms with Gasteiger partial charge in [-0.2, -0.15) is 0 Å². The van der Waals surface area contributed by atoms with Crippen LogP contribution in [-0.2, 0) is 0 Å². The van der Waals surface area contributed by atoms with E-state index in [-0.39, 0.29) is 0 Å². The van der Waals surface area contributed by atoms with Crippen LogP contribution in [0, 0.1) is 0 Å². The molecule has 0 amide bonds. The van der Waals surface area contributed by atoms with E-state index < -0.39 is 0 Å². The van der Waals surface area contributed by atoms with E-state index in [0.717, 1.165) is 18.0 Å². The number of nitrogen functional groups attached to an aromatic ring is 1. The molecule has 0 spiro atoms. The lowest BCUT2D eigenvalue weighted by molar-refractivity contribution is 0.415. The number of nitrogens with two attached hydrogens (primary N) is 1. The van der Waals surface area contributed by atoms with Crippen molar-refractivity contribution in [1.29, 1.82) is 0 Å². The SMILES string of the molecule is COc1cc(N)ccc1N1C=CC=CC1. The molecule has 1 aromatic rings. The molecule has 0 saturated carbocycles. The number of hydrogen-bond donors (Lipinski definition) is 1. The normalized spacial score (nSPS) is 14.3. The van der Waals surface area contributed by atoms with Gasteiger partial charge in [-0.05, 0) is 18.2 Å². The molecule has 0 radical (unpaired) electrons. The average molecular weight is 202 g/mol. The summed E-state index contributed by atoms with van der Waals surface area (Å²) in [4.78, 5) is 2.11. The molecule has 2 rings (SSSR count). The molecule has 0 bridgehead atoms. The zero-order chi connectivity index (χ0) is 10.7. The first-order valence-corrected chi connectivity index (χ1v) is 4.85. The van der Waals surface area contributed by atoms with E-state index in [1.54, 1.807) is 7.11 Å². The molecule has 0 atom stereocenters. The monoisotopic (exact) mass is 202 g/mol. The van der Waals surface area contributed by atoms with Crippen molar-refractivity contribution in [2.24, 2.45) is 0 Å². The van der Waals surface area contributed by atoms with Gasteiger partial charge in [0.15, 0.2) is 0 Å². The Bertz CT molecular complexity index is 410. The second kappa shape index (κ2) is 4.09. The summed E-state index contributed by atoms with van der Waals surface area (Å²) in [6.07, 6.45) is 8.14. The van der Waals surface area contributed by atoms with Gasteiger partial charge in [0.25, 0.3) is 0 Å². The van der Waals surface area contributed by atoms with Crippen molar-refractivity contribution in [3.05, 3.63) is 42.6 Å². The van der Waals surface area contributed by atoms with Crippen LogP contribution in [0.5, 0.6) is 5.75 Å². The Morgan fingerprint density at radius 2 is 2.20 bits per heavy atom. The molecule has 1 aliphatic rings. The van der Waals surface area contributed by atoms with Crippen molar-refractivity contribution < 1.29 is 4.74 Å². The van der Waals surface area contributed by atoms with Crippen LogP contribution in [0.3, 0.4) is 0 Å². The average Bonchev–Trinajstić information content (AvgIpc) is 2.30. The highest BCUT2D eigenvalue weighted by molar-refractivity contribution is 5.66. The number of rotatable bonds is 2. The standard InChI is InChI=1S/C12H14N2O/c1-15-12-9-10(13)5-6-11(12)14-7-3-2-4-8-14/h2-7,9H,8,13H2,1H3. The topological polar surface area (TPSA) is 38.5 Å². The largest absolute Gasteiger partial charge is 0.494 e. The first kappa shape index (κ1) is 9.65. The van der Waals surface area contributed by atoms with Gasteiger partial charge in [0, 0.05) is 24.5 Å². The summed E-state index contributed by atoms with van der Waals surface area (Å²) in [5.41, 5.74) is 7.45. The number of benzene rings is 1. The molecule has 15 heavy (non-hydrogen) atoms. The van der Waals surface area contributed by atoms with E-state index >= 15 is 0 Å². The maximum absolute atomic E-state index is 5.70. The summed E-state index contributed by atoms with van der Waals surface area (Å²) in [6, 6.07) is 5.68. The van der Waals surface area contributed by atoms with Crippen LogP contribution < -0.4 is 15.4 Å². The van der Waals surface area contributed by atoms with Crippen LogP contribution in [0.2, 0.25) is 0 Å². The van der Waals surface area contributed by atoms with Crippen LogP contribution in [0.15, 0.2) is 42.6 Å². The maximum Gasteiger partial charge on any atom is 0.144 e. The van der Waals surface area contributed by atoms with Crippen LogP contribution in [0.25, 0.3) is 0 Å². The van der Waals surface area contributed by atoms with Gasteiger partial charge in [-0.25, -0.2) is 0 Å². The molecule has 0 aliphatic carbocycles. The smallest absolute Gasteiger partial charge is 0.144 e. The Kier molecular flexibility index (Phi) is 2.63. The van der Waals surface area contributed by atoms with Crippen molar-refractivity contribution in [1.82, 2.24) is 0 Å². The summed E-state index contributed by atoms with van der Waals surface area (Å²) in [5.74, 6) is 0.801. The third-order valence-corrected chi connectivity index (χ3v) is 2.33. The van der Waals surface area contributed by atoms with E-state index in [2.05, 4.69) is 11.0 Å². The molecule has 3 heteroatoms. The number of ether oxygens (including phenoxy) is 1. The zero-order valence-electron chi connectivity index (χ0n) is 8.68. The Labute approximate surface area is 89.4 Å². The van der Waals surface area contributed by atoms with Crippen LogP contribution >= 0.6 is 0 Å².